The molecule has 3 atom stereocenters. The maximum Gasteiger partial charge on any atom is 0.420 e. The first kappa shape index (κ1) is 26.5. The van der Waals surface area contributed by atoms with E-state index in [1.165, 1.54) is 30.2 Å². The van der Waals surface area contributed by atoms with E-state index in [1.54, 1.807) is 6.92 Å². The summed E-state index contributed by atoms with van der Waals surface area (Å²) in [7, 11) is 0. The van der Waals surface area contributed by atoms with Crippen molar-refractivity contribution in [1.29, 1.82) is 0 Å². The number of nitrogens with one attached hydrogen (secondary N) is 1. The van der Waals surface area contributed by atoms with Crippen LogP contribution in [-0.2, 0) is 18.0 Å². The summed E-state index contributed by atoms with van der Waals surface area (Å²) >= 11 is 0. The van der Waals surface area contributed by atoms with Crippen molar-refractivity contribution in [3.63, 3.8) is 0 Å². The largest absolute Gasteiger partial charge is 0.490 e. The molecule has 0 saturated carbocycles. The van der Waals surface area contributed by atoms with Crippen LogP contribution in [0.2, 0.25) is 0 Å². The zero-order chi connectivity index (χ0) is 26.5. The van der Waals surface area contributed by atoms with Gasteiger partial charge < -0.3 is 25.2 Å². The first-order chi connectivity index (χ1) is 16.6. The van der Waals surface area contributed by atoms with Crippen molar-refractivity contribution in [2.24, 2.45) is 0 Å². The summed E-state index contributed by atoms with van der Waals surface area (Å²) in [5, 5.41) is 24.3. The Kier molecular flexibility index (Phi) is 6.67. The molecule has 0 bridgehead atoms. The minimum absolute atomic E-state index is 0.0235. The van der Waals surface area contributed by atoms with E-state index in [9.17, 15) is 36.6 Å². The molecular formula is C24H27F6N3O3. The Hall–Kier alpha value is -2.57. The van der Waals surface area contributed by atoms with Gasteiger partial charge in [0.1, 0.15) is 23.7 Å². The molecule has 0 spiro atoms. The van der Waals surface area contributed by atoms with Crippen molar-refractivity contribution < 1.29 is 41.3 Å². The van der Waals surface area contributed by atoms with E-state index < -0.39 is 40.7 Å². The van der Waals surface area contributed by atoms with Crippen LogP contribution in [0.5, 0.6) is 5.75 Å². The molecular weight excluding hydrogens is 492 g/mol. The van der Waals surface area contributed by atoms with Crippen LogP contribution in [0.25, 0.3) is 0 Å². The highest BCUT2D eigenvalue weighted by molar-refractivity contribution is 5.54. The van der Waals surface area contributed by atoms with Crippen molar-refractivity contribution in [1.82, 2.24) is 10.3 Å². The quantitative estimate of drug-likeness (QED) is 0.517. The van der Waals surface area contributed by atoms with E-state index in [-0.39, 0.29) is 50.1 Å². The van der Waals surface area contributed by atoms with Crippen LogP contribution >= 0.6 is 0 Å². The van der Waals surface area contributed by atoms with Crippen LogP contribution in [0.1, 0.15) is 43.4 Å². The van der Waals surface area contributed by atoms with Gasteiger partial charge in [-0.15, -0.1) is 0 Å². The number of hydrogen-bond donors (Lipinski definition) is 3. The van der Waals surface area contributed by atoms with Crippen LogP contribution in [0.3, 0.4) is 0 Å². The van der Waals surface area contributed by atoms with E-state index in [2.05, 4.69) is 10.3 Å². The summed E-state index contributed by atoms with van der Waals surface area (Å²) in [6.07, 6.45) is -7.69. The minimum Gasteiger partial charge on any atom is -0.490 e. The lowest BCUT2D eigenvalue weighted by molar-refractivity contribution is -0.138. The SMILES string of the molecule is CC1CC(O)(c2ccc(C(F)(F)F)cc2)CC(COc2cnc(N3CC(C)(O)C3)c(C(F)(F)F)c2)N1. The Morgan fingerprint density at radius 1 is 1.06 bits per heavy atom. The average molecular weight is 519 g/mol. The number of alkyl halides is 6. The summed E-state index contributed by atoms with van der Waals surface area (Å²) in [6, 6.07) is 4.44. The fourth-order valence-corrected chi connectivity index (χ4v) is 4.93. The molecule has 0 aliphatic carbocycles. The Morgan fingerprint density at radius 3 is 2.25 bits per heavy atom. The van der Waals surface area contributed by atoms with Crippen LogP contribution in [0.4, 0.5) is 32.2 Å². The van der Waals surface area contributed by atoms with Gasteiger partial charge in [-0.05, 0) is 50.5 Å². The van der Waals surface area contributed by atoms with Gasteiger partial charge >= 0.3 is 12.4 Å². The van der Waals surface area contributed by atoms with Crippen LogP contribution < -0.4 is 15.0 Å². The monoisotopic (exact) mass is 519 g/mol. The number of hydrogen-bond acceptors (Lipinski definition) is 6. The number of benzene rings is 1. The number of ether oxygens (including phenoxy) is 1. The third kappa shape index (κ3) is 5.70. The molecule has 198 valence electrons. The minimum atomic E-state index is -4.69. The van der Waals surface area contributed by atoms with Crippen molar-refractivity contribution in [3.8, 4) is 5.75 Å². The summed E-state index contributed by atoms with van der Waals surface area (Å²) in [4.78, 5) is 5.26. The molecule has 3 N–H and O–H groups in total. The normalized spacial score (nSPS) is 26.4. The van der Waals surface area contributed by atoms with Crippen molar-refractivity contribution in [2.75, 3.05) is 24.6 Å². The third-order valence-corrected chi connectivity index (χ3v) is 6.46. The van der Waals surface area contributed by atoms with Gasteiger partial charge in [0.15, 0.2) is 0 Å². The lowest BCUT2D eigenvalue weighted by Crippen LogP contribution is -2.60. The highest BCUT2D eigenvalue weighted by Crippen LogP contribution is 2.41. The van der Waals surface area contributed by atoms with Crippen LogP contribution in [0.15, 0.2) is 36.5 Å². The van der Waals surface area contributed by atoms with Crippen LogP contribution in [-0.4, -0.2) is 52.6 Å². The maximum atomic E-state index is 13.7. The molecule has 36 heavy (non-hydrogen) atoms. The number of rotatable bonds is 5. The van der Waals surface area contributed by atoms with Gasteiger partial charge in [0.2, 0.25) is 0 Å². The van der Waals surface area contributed by atoms with E-state index >= 15 is 0 Å². The molecule has 1 aromatic carbocycles. The van der Waals surface area contributed by atoms with Gasteiger partial charge in [-0.3, -0.25) is 0 Å². The summed E-state index contributed by atoms with van der Waals surface area (Å²) < 4.78 is 85.3. The highest BCUT2D eigenvalue weighted by Gasteiger charge is 2.44. The van der Waals surface area contributed by atoms with E-state index in [4.69, 9.17) is 4.74 Å². The standard InChI is InChI=1S/C24H27F6N3O3/c1-14-8-22(35,15-3-5-16(6-4-15)23(25,26)27)9-17(32-14)11-36-18-7-19(24(28,29)30)20(31-10-18)33-12-21(2,34)13-33/h3-7,10,14,17,32,34-35H,8-9,11-13H2,1-2H3. The number of anilines is 1. The number of aliphatic hydroxyl groups is 2. The zero-order valence-electron chi connectivity index (χ0n) is 19.6. The smallest absolute Gasteiger partial charge is 0.420 e. The van der Waals surface area contributed by atoms with Crippen molar-refractivity contribution in [3.05, 3.63) is 53.2 Å². The molecule has 2 aliphatic heterocycles. The Bertz CT molecular complexity index is 1080. The Balaban J connectivity index is 1.47. The molecule has 2 fully saturated rings. The molecule has 0 amide bonds. The molecule has 3 unspecified atom stereocenters. The summed E-state index contributed by atoms with van der Waals surface area (Å²) in [5.74, 6) is -0.404. The van der Waals surface area contributed by atoms with E-state index in [0.717, 1.165) is 18.2 Å². The van der Waals surface area contributed by atoms with Gasteiger partial charge in [-0.2, -0.15) is 26.3 Å². The highest BCUT2D eigenvalue weighted by atomic mass is 19.4. The second-order valence-corrected chi connectivity index (χ2v) is 9.98. The predicted octanol–water partition coefficient (Wildman–Crippen LogP) is 4.10. The van der Waals surface area contributed by atoms with Crippen LogP contribution in [0, 0.1) is 0 Å². The fourth-order valence-electron chi connectivity index (χ4n) is 4.93. The predicted molar refractivity (Wildman–Crippen MR) is 119 cm³/mol. The van der Waals surface area contributed by atoms with E-state index in [0.29, 0.717) is 5.56 Å². The van der Waals surface area contributed by atoms with Crippen molar-refractivity contribution in [2.45, 2.75) is 62.3 Å². The van der Waals surface area contributed by atoms with Gasteiger partial charge in [0.25, 0.3) is 0 Å². The first-order valence-corrected chi connectivity index (χ1v) is 11.4. The molecule has 3 heterocycles. The lowest BCUT2D eigenvalue weighted by Gasteiger charge is -2.45. The van der Waals surface area contributed by atoms with Gasteiger partial charge in [-0.1, -0.05) is 12.1 Å². The molecule has 2 aliphatic rings. The topological polar surface area (TPSA) is 77.9 Å². The number of piperidine rings is 1. The third-order valence-electron chi connectivity index (χ3n) is 6.46. The number of β-amino-alcohol motifs (C(OH)–C–C–N with tert-alkyl or cyclic N) is 1. The zero-order valence-corrected chi connectivity index (χ0v) is 19.6. The molecule has 6 nitrogen and oxygen atoms in total. The number of nitrogens with zero attached hydrogens (tertiary/aromatic N) is 2. The fraction of sp³-hybridized carbons (Fsp3) is 0.542. The summed E-state index contributed by atoms with van der Waals surface area (Å²) in [5.41, 5.74) is -4.00. The molecule has 2 saturated heterocycles. The second-order valence-electron chi connectivity index (χ2n) is 9.98. The number of pyridine rings is 1. The average Bonchev–Trinajstić information content (AvgIpc) is 2.74. The van der Waals surface area contributed by atoms with E-state index in [1.807, 2.05) is 0 Å². The molecule has 12 heteroatoms. The van der Waals surface area contributed by atoms with Crippen molar-refractivity contribution >= 4 is 5.82 Å². The lowest BCUT2D eigenvalue weighted by atomic mass is 9.79. The number of halogens is 6. The first-order valence-electron chi connectivity index (χ1n) is 11.4. The summed E-state index contributed by atoms with van der Waals surface area (Å²) in [6.45, 7) is 3.27. The molecule has 1 aromatic heterocycles. The Labute approximate surface area is 203 Å². The molecule has 4 rings (SSSR count). The maximum absolute atomic E-state index is 13.7. The van der Waals surface area contributed by atoms with Gasteiger partial charge in [0, 0.05) is 25.2 Å². The number of aromatic nitrogens is 1. The second kappa shape index (κ2) is 9.07. The van der Waals surface area contributed by atoms with Gasteiger partial charge in [0.05, 0.1) is 23.0 Å². The Morgan fingerprint density at radius 2 is 1.69 bits per heavy atom. The molecule has 2 aromatic rings. The van der Waals surface area contributed by atoms with Gasteiger partial charge in [-0.25, -0.2) is 4.98 Å². The molecule has 0 radical (unpaired) electrons.